The summed E-state index contributed by atoms with van der Waals surface area (Å²) in [4.78, 5) is 30.6. The monoisotopic (exact) mass is 391 g/mol. The zero-order valence-electron chi connectivity index (χ0n) is 16.7. The first-order valence-electron chi connectivity index (χ1n) is 9.89. The third-order valence-corrected chi connectivity index (χ3v) is 5.56. The first kappa shape index (κ1) is 19.1. The molecule has 1 fully saturated rings. The van der Waals surface area contributed by atoms with Gasteiger partial charge in [-0.05, 0) is 61.2 Å². The smallest absolute Gasteiger partial charge is 0.254 e. The summed E-state index contributed by atoms with van der Waals surface area (Å²) in [5.74, 6) is 0.671. The number of nitrogens with one attached hydrogen (secondary N) is 2. The Hall–Kier alpha value is -3.28. The van der Waals surface area contributed by atoms with Gasteiger partial charge in [-0.3, -0.25) is 9.59 Å². The third kappa shape index (κ3) is 3.83. The highest BCUT2D eigenvalue weighted by Gasteiger charge is 2.22. The Balaban J connectivity index is 1.51. The van der Waals surface area contributed by atoms with Crippen molar-refractivity contribution in [2.24, 2.45) is 0 Å². The van der Waals surface area contributed by atoms with Gasteiger partial charge < -0.3 is 19.9 Å². The summed E-state index contributed by atoms with van der Waals surface area (Å²) in [6, 6.07) is 11.2. The molecule has 150 valence electrons. The van der Waals surface area contributed by atoms with Crippen LogP contribution in [0, 0.1) is 6.92 Å². The average molecular weight is 391 g/mol. The molecule has 3 aromatic rings. The van der Waals surface area contributed by atoms with Gasteiger partial charge in [-0.2, -0.15) is 0 Å². The third-order valence-electron chi connectivity index (χ3n) is 5.56. The van der Waals surface area contributed by atoms with Gasteiger partial charge >= 0.3 is 0 Å². The molecule has 0 unspecified atom stereocenters. The second-order valence-electron chi connectivity index (χ2n) is 7.43. The summed E-state index contributed by atoms with van der Waals surface area (Å²) in [5, 5.41) is 3.94. The van der Waals surface area contributed by atoms with Crippen LogP contribution in [0.1, 0.15) is 34.3 Å². The number of rotatable bonds is 5. The van der Waals surface area contributed by atoms with Crippen LogP contribution in [0.2, 0.25) is 0 Å². The van der Waals surface area contributed by atoms with Crippen molar-refractivity contribution in [3.05, 3.63) is 59.3 Å². The van der Waals surface area contributed by atoms with Crippen LogP contribution in [0.15, 0.2) is 42.6 Å². The van der Waals surface area contributed by atoms with Gasteiger partial charge in [-0.1, -0.05) is 6.07 Å². The van der Waals surface area contributed by atoms with Crippen LogP contribution in [-0.4, -0.2) is 41.9 Å². The summed E-state index contributed by atoms with van der Waals surface area (Å²) in [5.41, 5.74) is 4.00. The number of aromatic amines is 1. The van der Waals surface area contributed by atoms with Gasteiger partial charge in [0.25, 0.3) is 5.91 Å². The number of benzene rings is 2. The summed E-state index contributed by atoms with van der Waals surface area (Å²) >= 11 is 0. The number of fused-ring (bicyclic) bond motifs is 1. The molecule has 2 N–H and O–H groups in total. The van der Waals surface area contributed by atoms with E-state index in [1.165, 1.54) is 0 Å². The topological polar surface area (TPSA) is 74.4 Å². The molecule has 2 heterocycles. The number of ether oxygens (including phenoxy) is 1. The van der Waals surface area contributed by atoms with Crippen LogP contribution >= 0.6 is 0 Å². The number of hydrogen-bond acceptors (Lipinski definition) is 3. The van der Waals surface area contributed by atoms with E-state index < -0.39 is 0 Å². The van der Waals surface area contributed by atoms with Crippen molar-refractivity contribution >= 4 is 28.4 Å². The van der Waals surface area contributed by atoms with Gasteiger partial charge in [0.05, 0.1) is 13.5 Å². The van der Waals surface area contributed by atoms with Crippen LogP contribution in [0.3, 0.4) is 0 Å². The number of carbonyl (C=O) groups is 2. The first-order valence-corrected chi connectivity index (χ1v) is 9.89. The van der Waals surface area contributed by atoms with E-state index in [2.05, 4.69) is 10.3 Å². The number of methoxy groups -OCH3 is 1. The van der Waals surface area contributed by atoms with E-state index in [4.69, 9.17) is 4.74 Å². The molecular formula is C23H25N3O3. The quantitative estimate of drug-likeness (QED) is 0.693. The maximum Gasteiger partial charge on any atom is 0.254 e. The van der Waals surface area contributed by atoms with Gasteiger partial charge in [0.15, 0.2) is 0 Å². The van der Waals surface area contributed by atoms with Crippen LogP contribution in [0.4, 0.5) is 5.69 Å². The largest absolute Gasteiger partial charge is 0.497 e. The number of carbonyl (C=O) groups excluding carboxylic acids is 2. The standard InChI is InChI=1S/C23H25N3O3/c1-15-18(23(28)26-10-3-4-11-26)6-5-7-20(15)25-22(27)12-16-14-24-21-9-8-17(29-2)13-19(16)21/h5-9,13-14,24H,3-4,10-12H2,1-2H3,(H,25,27). The lowest BCUT2D eigenvalue weighted by Gasteiger charge is -2.18. The molecule has 2 aromatic carbocycles. The fourth-order valence-corrected chi connectivity index (χ4v) is 3.89. The lowest BCUT2D eigenvalue weighted by atomic mass is 10.0. The minimum absolute atomic E-state index is 0.0415. The highest BCUT2D eigenvalue weighted by Crippen LogP contribution is 2.25. The Morgan fingerprint density at radius 1 is 1.17 bits per heavy atom. The lowest BCUT2D eigenvalue weighted by Crippen LogP contribution is -2.28. The van der Waals surface area contributed by atoms with Crippen LogP contribution in [0.25, 0.3) is 10.9 Å². The van der Waals surface area contributed by atoms with Crippen molar-refractivity contribution in [3.63, 3.8) is 0 Å². The molecule has 0 saturated carbocycles. The van der Waals surface area contributed by atoms with Crippen molar-refractivity contribution in [2.75, 3.05) is 25.5 Å². The number of amides is 2. The number of anilines is 1. The fourth-order valence-electron chi connectivity index (χ4n) is 3.89. The van der Waals surface area contributed by atoms with Gasteiger partial charge in [-0.25, -0.2) is 0 Å². The molecule has 0 aliphatic carbocycles. The number of nitrogens with zero attached hydrogens (tertiary/aromatic N) is 1. The highest BCUT2D eigenvalue weighted by molar-refractivity contribution is 6.00. The molecule has 0 atom stereocenters. The summed E-state index contributed by atoms with van der Waals surface area (Å²) in [6.07, 6.45) is 4.19. The average Bonchev–Trinajstić information content (AvgIpc) is 3.39. The van der Waals surface area contributed by atoms with E-state index in [-0.39, 0.29) is 18.2 Å². The maximum atomic E-state index is 12.8. The second-order valence-corrected chi connectivity index (χ2v) is 7.43. The molecular weight excluding hydrogens is 366 g/mol. The molecule has 2 amide bonds. The van der Waals surface area contributed by atoms with E-state index >= 15 is 0 Å². The molecule has 1 aliphatic rings. The van der Waals surface area contributed by atoms with E-state index in [0.717, 1.165) is 53.7 Å². The maximum absolute atomic E-state index is 12.8. The first-order chi connectivity index (χ1) is 14.1. The van der Waals surface area contributed by atoms with Crippen molar-refractivity contribution in [2.45, 2.75) is 26.2 Å². The molecule has 4 rings (SSSR count). The predicted molar refractivity (Wildman–Crippen MR) is 114 cm³/mol. The van der Waals surface area contributed by atoms with Crippen molar-refractivity contribution in [3.8, 4) is 5.75 Å². The molecule has 6 nitrogen and oxygen atoms in total. The zero-order chi connectivity index (χ0) is 20.4. The minimum Gasteiger partial charge on any atom is -0.497 e. The van der Waals surface area contributed by atoms with Gasteiger partial charge in [0.2, 0.25) is 5.91 Å². The molecule has 1 aliphatic heterocycles. The molecule has 0 radical (unpaired) electrons. The predicted octanol–water partition coefficient (Wildman–Crippen LogP) is 3.90. The Labute approximate surface area is 169 Å². The molecule has 6 heteroatoms. The number of aromatic nitrogens is 1. The van der Waals surface area contributed by atoms with E-state index in [9.17, 15) is 9.59 Å². The second kappa shape index (κ2) is 7.99. The van der Waals surface area contributed by atoms with Gasteiger partial charge in [0.1, 0.15) is 5.75 Å². The lowest BCUT2D eigenvalue weighted by molar-refractivity contribution is -0.115. The van der Waals surface area contributed by atoms with Crippen LogP contribution < -0.4 is 10.1 Å². The molecule has 1 aromatic heterocycles. The molecule has 0 bridgehead atoms. The normalized spacial score (nSPS) is 13.7. The fraction of sp³-hybridized carbons (Fsp3) is 0.304. The zero-order valence-corrected chi connectivity index (χ0v) is 16.7. The van der Waals surface area contributed by atoms with Crippen molar-refractivity contribution < 1.29 is 14.3 Å². The van der Waals surface area contributed by atoms with Crippen LogP contribution in [0.5, 0.6) is 5.75 Å². The molecule has 29 heavy (non-hydrogen) atoms. The summed E-state index contributed by atoms with van der Waals surface area (Å²) < 4.78 is 5.29. The van der Waals surface area contributed by atoms with E-state index in [1.807, 2.05) is 54.4 Å². The molecule has 1 saturated heterocycles. The number of likely N-dealkylation sites (tertiary alicyclic amines) is 1. The minimum atomic E-state index is -0.123. The highest BCUT2D eigenvalue weighted by atomic mass is 16.5. The van der Waals surface area contributed by atoms with Crippen molar-refractivity contribution in [1.29, 1.82) is 0 Å². The Morgan fingerprint density at radius 3 is 2.72 bits per heavy atom. The molecule has 0 spiro atoms. The van der Waals surface area contributed by atoms with Gasteiger partial charge in [0, 0.05) is 41.4 Å². The Morgan fingerprint density at radius 2 is 1.97 bits per heavy atom. The summed E-state index contributed by atoms with van der Waals surface area (Å²) in [7, 11) is 1.62. The van der Waals surface area contributed by atoms with E-state index in [0.29, 0.717) is 11.3 Å². The summed E-state index contributed by atoms with van der Waals surface area (Å²) in [6.45, 7) is 3.49. The van der Waals surface area contributed by atoms with E-state index in [1.54, 1.807) is 7.11 Å². The van der Waals surface area contributed by atoms with Crippen LogP contribution in [-0.2, 0) is 11.2 Å². The van der Waals surface area contributed by atoms with Crippen molar-refractivity contribution in [1.82, 2.24) is 9.88 Å². The Kier molecular flexibility index (Phi) is 5.25. The SMILES string of the molecule is COc1ccc2[nH]cc(CC(=O)Nc3cccc(C(=O)N4CCCC4)c3C)c2c1. The number of hydrogen-bond donors (Lipinski definition) is 2. The Bertz CT molecular complexity index is 1060. The number of H-pyrrole nitrogens is 1. The van der Waals surface area contributed by atoms with Gasteiger partial charge in [-0.15, -0.1) is 0 Å².